The third-order valence-corrected chi connectivity index (χ3v) is 6.57. The van der Waals surface area contributed by atoms with Gasteiger partial charge in [0.25, 0.3) is 5.91 Å². The van der Waals surface area contributed by atoms with Crippen LogP contribution in [0, 0.1) is 11.8 Å². The van der Waals surface area contributed by atoms with Crippen LogP contribution < -0.4 is 4.74 Å². The summed E-state index contributed by atoms with van der Waals surface area (Å²) in [6.07, 6.45) is 1.20. The minimum atomic E-state index is 0.0183. The third kappa shape index (κ3) is 6.35. The van der Waals surface area contributed by atoms with E-state index in [1.54, 1.807) is 0 Å². The summed E-state index contributed by atoms with van der Waals surface area (Å²) in [5.41, 5.74) is 1.73. The highest BCUT2D eigenvalue weighted by atomic mass is 16.5. The zero-order chi connectivity index (χ0) is 23.2. The van der Waals surface area contributed by atoms with E-state index in [0.29, 0.717) is 49.4 Å². The summed E-state index contributed by atoms with van der Waals surface area (Å²) in [4.78, 5) is 31.9. The summed E-state index contributed by atoms with van der Waals surface area (Å²) in [6.45, 7) is 9.81. The van der Waals surface area contributed by atoms with Gasteiger partial charge < -0.3 is 14.5 Å². The van der Waals surface area contributed by atoms with Crippen molar-refractivity contribution in [2.45, 2.75) is 26.9 Å². The fourth-order valence-corrected chi connectivity index (χ4v) is 4.91. The van der Waals surface area contributed by atoms with Crippen LogP contribution in [0.25, 0.3) is 0 Å². The molecule has 2 fully saturated rings. The molecule has 2 saturated heterocycles. The van der Waals surface area contributed by atoms with Crippen molar-refractivity contribution < 1.29 is 14.3 Å². The van der Waals surface area contributed by atoms with Gasteiger partial charge in [0.2, 0.25) is 5.91 Å². The quantitative estimate of drug-likeness (QED) is 0.677. The SMILES string of the molecule is CC1CC(C)CN(C(=O)CN2CCN(C(=O)c3cccc(OCc4ccccc4)c3)CC2)C1. The number of amides is 2. The van der Waals surface area contributed by atoms with Crippen molar-refractivity contribution in [2.75, 3.05) is 45.8 Å². The fourth-order valence-electron chi connectivity index (χ4n) is 4.91. The Bertz CT molecular complexity index is 931. The Labute approximate surface area is 197 Å². The molecule has 2 unspecified atom stereocenters. The van der Waals surface area contributed by atoms with Gasteiger partial charge in [0, 0.05) is 44.8 Å². The smallest absolute Gasteiger partial charge is 0.254 e. The lowest BCUT2D eigenvalue weighted by atomic mass is 9.92. The van der Waals surface area contributed by atoms with Crippen LogP contribution >= 0.6 is 0 Å². The second-order valence-electron chi connectivity index (χ2n) is 9.62. The number of benzene rings is 2. The predicted octanol–water partition coefficient (Wildman–Crippen LogP) is 3.53. The van der Waals surface area contributed by atoms with Crippen LogP contribution in [0.4, 0.5) is 0 Å². The number of hydrogen-bond donors (Lipinski definition) is 0. The number of ether oxygens (including phenoxy) is 1. The predicted molar refractivity (Wildman–Crippen MR) is 129 cm³/mol. The number of rotatable bonds is 6. The van der Waals surface area contributed by atoms with E-state index in [1.807, 2.05) is 64.4 Å². The van der Waals surface area contributed by atoms with E-state index in [4.69, 9.17) is 4.74 Å². The lowest BCUT2D eigenvalue weighted by Gasteiger charge is -2.38. The largest absolute Gasteiger partial charge is 0.489 e. The van der Waals surface area contributed by atoms with Crippen molar-refractivity contribution in [3.05, 3.63) is 65.7 Å². The lowest BCUT2D eigenvalue weighted by Crippen LogP contribution is -2.53. The van der Waals surface area contributed by atoms with E-state index in [9.17, 15) is 9.59 Å². The Morgan fingerprint density at radius 1 is 0.879 bits per heavy atom. The Morgan fingerprint density at radius 3 is 2.27 bits per heavy atom. The summed E-state index contributed by atoms with van der Waals surface area (Å²) in [5.74, 6) is 2.07. The average molecular weight is 450 g/mol. The number of carbonyl (C=O) groups is 2. The first-order valence-electron chi connectivity index (χ1n) is 12.0. The number of nitrogens with zero attached hydrogens (tertiary/aromatic N) is 3. The molecule has 0 saturated carbocycles. The van der Waals surface area contributed by atoms with E-state index in [2.05, 4.69) is 18.7 Å². The lowest BCUT2D eigenvalue weighted by molar-refractivity contribution is -0.135. The highest BCUT2D eigenvalue weighted by Gasteiger charge is 2.28. The maximum absolute atomic E-state index is 13.1. The van der Waals surface area contributed by atoms with E-state index in [-0.39, 0.29) is 11.8 Å². The highest BCUT2D eigenvalue weighted by molar-refractivity contribution is 5.94. The van der Waals surface area contributed by atoms with E-state index in [1.165, 1.54) is 6.42 Å². The van der Waals surface area contributed by atoms with Crippen LogP contribution in [-0.4, -0.2) is 72.3 Å². The molecule has 2 atom stereocenters. The zero-order valence-electron chi connectivity index (χ0n) is 19.8. The molecular weight excluding hydrogens is 414 g/mol. The average Bonchev–Trinajstić information content (AvgIpc) is 2.83. The van der Waals surface area contributed by atoms with Gasteiger partial charge in [0.15, 0.2) is 0 Å². The molecular formula is C27H35N3O3. The summed E-state index contributed by atoms with van der Waals surface area (Å²) in [5, 5.41) is 0. The molecule has 0 N–H and O–H groups in total. The van der Waals surface area contributed by atoms with Gasteiger partial charge in [0.1, 0.15) is 12.4 Å². The van der Waals surface area contributed by atoms with Crippen molar-refractivity contribution in [2.24, 2.45) is 11.8 Å². The molecule has 2 aromatic rings. The highest BCUT2D eigenvalue weighted by Crippen LogP contribution is 2.21. The molecule has 2 heterocycles. The Balaban J connectivity index is 1.26. The third-order valence-electron chi connectivity index (χ3n) is 6.57. The molecule has 2 amide bonds. The van der Waals surface area contributed by atoms with Gasteiger partial charge in [-0.2, -0.15) is 0 Å². The first-order chi connectivity index (χ1) is 16.0. The molecule has 176 valence electrons. The normalized spacial score (nSPS) is 21.6. The van der Waals surface area contributed by atoms with Crippen LogP contribution in [0.3, 0.4) is 0 Å². The van der Waals surface area contributed by atoms with Gasteiger partial charge in [-0.15, -0.1) is 0 Å². The van der Waals surface area contributed by atoms with Gasteiger partial charge in [0.05, 0.1) is 6.54 Å². The first kappa shape index (κ1) is 23.3. The van der Waals surface area contributed by atoms with Crippen LogP contribution in [-0.2, 0) is 11.4 Å². The number of piperidine rings is 1. The van der Waals surface area contributed by atoms with Crippen molar-refractivity contribution in [1.29, 1.82) is 0 Å². The van der Waals surface area contributed by atoms with Crippen molar-refractivity contribution in [1.82, 2.24) is 14.7 Å². The number of likely N-dealkylation sites (tertiary alicyclic amines) is 1. The van der Waals surface area contributed by atoms with E-state index >= 15 is 0 Å². The van der Waals surface area contributed by atoms with Crippen LogP contribution in [0.2, 0.25) is 0 Å². The minimum Gasteiger partial charge on any atom is -0.489 e. The van der Waals surface area contributed by atoms with Gasteiger partial charge in [-0.1, -0.05) is 50.2 Å². The second-order valence-corrected chi connectivity index (χ2v) is 9.62. The Hall–Kier alpha value is -2.86. The molecule has 33 heavy (non-hydrogen) atoms. The second kappa shape index (κ2) is 10.8. The van der Waals surface area contributed by atoms with Crippen molar-refractivity contribution in [3.8, 4) is 5.75 Å². The maximum Gasteiger partial charge on any atom is 0.254 e. The molecule has 6 heteroatoms. The van der Waals surface area contributed by atoms with Gasteiger partial charge in [-0.3, -0.25) is 14.5 Å². The number of piperazine rings is 1. The molecule has 0 aliphatic carbocycles. The van der Waals surface area contributed by atoms with E-state index in [0.717, 1.165) is 31.7 Å². The van der Waals surface area contributed by atoms with Crippen molar-refractivity contribution in [3.63, 3.8) is 0 Å². The Morgan fingerprint density at radius 2 is 1.58 bits per heavy atom. The van der Waals surface area contributed by atoms with Gasteiger partial charge >= 0.3 is 0 Å². The Kier molecular flexibility index (Phi) is 7.65. The first-order valence-corrected chi connectivity index (χ1v) is 12.0. The summed E-state index contributed by atoms with van der Waals surface area (Å²) < 4.78 is 5.88. The standard InChI is InChI=1S/C27H35N3O3/c1-21-15-22(2)18-30(17-21)26(31)19-28-11-13-29(14-12-28)27(32)24-9-6-10-25(16-24)33-20-23-7-4-3-5-8-23/h3-10,16,21-22H,11-15,17-20H2,1-2H3. The molecule has 2 aromatic carbocycles. The zero-order valence-corrected chi connectivity index (χ0v) is 19.8. The van der Waals surface area contributed by atoms with Gasteiger partial charge in [-0.25, -0.2) is 0 Å². The monoisotopic (exact) mass is 449 g/mol. The maximum atomic E-state index is 13.1. The molecule has 0 aromatic heterocycles. The minimum absolute atomic E-state index is 0.0183. The molecule has 6 nitrogen and oxygen atoms in total. The molecule has 2 aliphatic heterocycles. The van der Waals surface area contributed by atoms with Crippen molar-refractivity contribution >= 4 is 11.8 Å². The van der Waals surface area contributed by atoms with Crippen LogP contribution in [0.5, 0.6) is 5.75 Å². The van der Waals surface area contributed by atoms with Gasteiger partial charge in [-0.05, 0) is 42.0 Å². The number of hydrogen-bond acceptors (Lipinski definition) is 4. The topological polar surface area (TPSA) is 53.1 Å². The van der Waals surface area contributed by atoms with Crippen LogP contribution in [0.15, 0.2) is 54.6 Å². The number of carbonyl (C=O) groups excluding carboxylic acids is 2. The molecule has 4 rings (SSSR count). The molecule has 0 radical (unpaired) electrons. The van der Waals surface area contributed by atoms with E-state index < -0.39 is 0 Å². The summed E-state index contributed by atoms with van der Waals surface area (Å²) in [7, 11) is 0. The molecule has 0 spiro atoms. The fraction of sp³-hybridized carbons (Fsp3) is 0.481. The summed E-state index contributed by atoms with van der Waals surface area (Å²) in [6, 6.07) is 17.4. The molecule has 0 bridgehead atoms. The van der Waals surface area contributed by atoms with Crippen LogP contribution in [0.1, 0.15) is 36.2 Å². The molecule has 2 aliphatic rings. The summed E-state index contributed by atoms with van der Waals surface area (Å²) >= 11 is 0.